The lowest BCUT2D eigenvalue weighted by Crippen LogP contribution is -2.33. The molecule has 1 fully saturated rings. The minimum absolute atomic E-state index is 0.200. The molecular formula is C12H19N5O. The Morgan fingerprint density at radius 2 is 2.22 bits per heavy atom. The van der Waals surface area contributed by atoms with Crippen LogP contribution >= 0.6 is 0 Å². The average molecular weight is 249 g/mol. The molecule has 2 N–H and O–H groups in total. The summed E-state index contributed by atoms with van der Waals surface area (Å²) in [5.74, 6) is 1.39. The molecule has 0 bridgehead atoms. The molecule has 1 atom stereocenters. The van der Waals surface area contributed by atoms with E-state index in [1.165, 1.54) is 0 Å². The summed E-state index contributed by atoms with van der Waals surface area (Å²) in [5, 5.41) is 9.94. The predicted molar refractivity (Wildman–Crippen MR) is 67.3 cm³/mol. The van der Waals surface area contributed by atoms with Gasteiger partial charge in [-0.05, 0) is 24.7 Å². The minimum Gasteiger partial charge on any atom is -0.335 e. The van der Waals surface area contributed by atoms with Crippen molar-refractivity contribution in [2.45, 2.75) is 52.1 Å². The van der Waals surface area contributed by atoms with Crippen molar-refractivity contribution in [3.63, 3.8) is 0 Å². The van der Waals surface area contributed by atoms with Crippen LogP contribution in [0.3, 0.4) is 0 Å². The van der Waals surface area contributed by atoms with Crippen LogP contribution in [0, 0.1) is 5.41 Å². The van der Waals surface area contributed by atoms with E-state index in [2.05, 4.69) is 34.6 Å². The van der Waals surface area contributed by atoms with Crippen molar-refractivity contribution in [1.29, 1.82) is 0 Å². The van der Waals surface area contributed by atoms with Gasteiger partial charge >= 0.3 is 6.03 Å². The lowest BCUT2D eigenvalue weighted by Gasteiger charge is -2.09. The van der Waals surface area contributed by atoms with Gasteiger partial charge in [0.05, 0.1) is 0 Å². The minimum atomic E-state index is -0.200. The Hall–Kier alpha value is -1.59. The van der Waals surface area contributed by atoms with Gasteiger partial charge in [-0.3, -0.25) is 5.32 Å². The van der Waals surface area contributed by atoms with Crippen molar-refractivity contribution in [3.8, 4) is 0 Å². The molecule has 1 aliphatic carbocycles. The van der Waals surface area contributed by atoms with Gasteiger partial charge in [-0.1, -0.05) is 13.8 Å². The van der Waals surface area contributed by atoms with Gasteiger partial charge in [0, 0.05) is 19.0 Å². The molecule has 1 saturated carbocycles. The number of rotatable bonds is 2. The van der Waals surface area contributed by atoms with E-state index in [-0.39, 0.29) is 17.5 Å². The smallest absolute Gasteiger partial charge is 0.321 e. The summed E-state index contributed by atoms with van der Waals surface area (Å²) < 4.78 is 1.89. The van der Waals surface area contributed by atoms with E-state index in [1.807, 2.05) is 4.68 Å². The number of hydrogen-bond acceptors (Lipinski definition) is 3. The summed E-state index contributed by atoms with van der Waals surface area (Å²) in [6.45, 7) is 5.19. The number of hydrogen-bond donors (Lipinski definition) is 2. The molecule has 0 spiro atoms. The number of nitrogens with one attached hydrogen (secondary N) is 2. The zero-order chi connectivity index (χ0) is 12.8. The number of aryl methyl sites for hydroxylation is 2. The molecule has 1 aromatic heterocycles. The fraction of sp³-hybridized carbons (Fsp3) is 0.750. The first-order valence-corrected chi connectivity index (χ1v) is 6.56. The molecule has 3 rings (SSSR count). The molecular weight excluding hydrogens is 230 g/mol. The Morgan fingerprint density at radius 1 is 1.44 bits per heavy atom. The van der Waals surface area contributed by atoms with E-state index < -0.39 is 0 Å². The van der Waals surface area contributed by atoms with Gasteiger partial charge in [0.15, 0.2) is 0 Å². The van der Waals surface area contributed by atoms with Crippen LogP contribution in [0.4, 0.5) is 10.7 Å². The number of urea groups is 1. The molecule has 98 valence electrons. The maximum Gasteiger partial charge on any atom is 0.321 e. The highest BCUT2D eigenvalue weighted by molar-refractivity contribution is 5.87. The highest BCUT2D eigenvalue weighted by Crippen LogP contribution is 2.44. The van der Waals surface area contributed by atoms with Gasteiger partial charge in [-0.15, -0.1) is 5.10 Å². The Balaban J connectivity index is 1.59. The molecule has 2 aliphatic rings. The van der Waals surface area contributed by atoms with Crippen LogP contribution in [-0.4, -0.2) is 26.8 Å². The summed E-state index contributed by atoms with van der Waals surface area (Å²) in [6.07, 6.45) is 4.28. The van der Waals surface area contributed by atoms with E-state index in [9.17, 15) is 4.79 Å². The Kier molecular flexibility index (Phi) is 2.53. The standard InChI is InChI=1S/C12H19N5O/c1-12(2)7-8(12)13-11(18)15-10-14-9-5-3-4-6-17(9)16-10/h8H,3-7H2,1-2H3,(H2,13,15,16,18)/t8-/m0/s1. The third kappa shape index (κ3) is 2.19. The summed E-state index contributed by atoms with van der Waals surface area (Å²) in [6, 6.07) is 0.0725. The molecule has 2 amide bonds. The molecule has 0 unspecified atom stereocenters. The van der Waals surface area contributed by atoms with E-state index in [0.717, 1.165) is 38.1 Å². The van der Waals surface area contributed by atoms with E-state index >= 15 is 0 Å². The first-order chi connectivity index (χ1) is 8.54. The largest absolute Gasteiger partial charge is 0.335 e. The fourth-order valence-electron chi connectivity index (χ4n) is 2.35. The normalized spacial score (nSPS) is 24.2. The highest BCUT2D eigenvalue weighted by atomic mass is 16.2. The Morgan fingerprint density at radius 3 is 2.89 bits per heavy atom. The zero-order valence-corrected chi connectivity index (χ0v) is 10.9. The molecule has 2 heterocycles. The second-order valence-electron chi connectivity index (χ2n) is 5.88. The topological polar surface area (TPSA) is 71.8 Å². The number of anilines is 1. The molecule has 0 saturated heterocycles. The van der Waals surface area contributed by atoms with Crippen molar-refractivity contribution >= 4 is 12.0 Å². The van der Waals surface area contributed by atoms with Crippen LogP contribution in [0.1, 0.15) is 38.9 Å². The number of fused-ring (bicyclic) bond motifs is 1. The number of aromatic nitrogens is 3. The maximum atomic E-state index is 11.8. The predicted octanol–water partition coefficient (Wildman–Crippen LogP) is 1.53. The van der Waals surface area contributed by atoms with Crippen molar-refractivity contribution < 1.29 is 4.79 Å². The van der Waals surface area contributed by atoms with Gasteiger partial charge in [0.1, 0.15) is 5.82 Å². The van der Waals surface area contributed by atoms with E-state index in [0.29, 0.717) is 5.95 Å². The van der Waals surface area contributed by atoms with Crippen LogP contribution < -0.4 is 10.6 Å². The van der Waals surface area contributed by atoms with Crippen molar-refractivity contribution in [1.82, 2.24) is 20.1 Å². The third-order valence-corrected chi connectivity index (χ3v) is 3.81. The van der Waals surface area contributed by atoms with Crippen molar-refractivity contribution in [2.75, 3.05) is 5.32 Å². The van der Waals surface area contributed by atoms with Crippen molar-refractivity contribution in [3.05, 3.63) is 5.82 Å². The third-order valence-electron chi connectivity index (χ3n) is 3.81. The van der Waals surface area contributed by atoms with E-state index in [1.54, 1.807) is 0 Å². The van der Waals surface area contributed by atoms with Gasteiger partial charge < -0.3 is 5.32 Å². The number of carbonyl (C=O) groups is 1. The molecule has 1 aromatic rings. The number of carbonyl (C=O) groups excluding carboxylic acids is 1. The first kappa shape index (κ1) is 11.5. The fourth-order valence-corrected chi connectivity index (χ4v) is 2.35. The molecule has 6 nitrogen and oxygen atoms in total. The lowest BCUT2D eigenvalue weighted by atomic mass is 10.2. The Bertz CT molecular complexity index is 455. The average Bonchev–Trinajstić information content (AvgIpc) is 2.73. The second kappa shape index (κ2) is 3.96. The summed E-state index contributed by atoms with van der Waals surface area (Å²) in [7, 11) is 0. The zero-order valence-electron chi connectivity index (χ0n) is 10.9. The van der Waals surface area contributed by atoms with Crippen LogP contribution in [0.2, 0.25) is 0 Å². The van der Waals surface area contributed by atoms with Gasteiger partial charge in [-0.25, -0.2) is 9.48 Å². The summed E-state index contributed by atoms with van der Waals surface area (Å²) >= 11 is 0. The van der Waals surface area contributed by atoms with E-state index in [4.69, 9.17) is 0 Å². The number of amides is 2. The lowest BCUT2D eigenvalue weighted by molar-refractivity contribution is 0.250. The van der Waals surface area contributed by atoms with Crippen LogP contribution in [0.15, 0.2) is 0 Å². The van der Waals surface area contributed by atoms with Crippen LogP contribution in [0.5, 0.6) is 0 Å². The summed E-state index contributed by atoms with van der Waals surface area (Å²) in [5.41, 5.74) is 0.234. The van der Waals surface area contributed by atoms with Gasteiger partial charge in [0.2, 0.25) is 5.95 Å². The van der Waals surface area contributed by atoms with Crippen LogP contribution in [0.25, 0.3) is 0 Å². The molecule has 18 heavy (non-hydrogen) atoms. The van der Waals surface area contributed by atoms with Gasteiger partial charge in [0.25, 0.3) is 0 Å². The Labute approximate surface area is 106 Å². The van der Waals surface area contributed by atoms with Gasteiger partial charge in [-0.2, -0.15) is 4.98 Å². The SMILES string of the molecule is CC1(C)C[C@@H]1NC(=O)Nc1nc2n(n1)CCCC2. The summed E-state index contributed by atoms with van der Waals surface area (Å²) in [4.78, 5) is 16.1. The molecule has 6 heteroatoms. The number of nitrogens with zero attached hydrogens (tertiary/aromatic N) is 3. The second-order valence-corrected chi connectivity index (χ2v) is 5.88. The monoisotopic (exact) mass is 249 g/mol. The quantitative estimate of drug-likeness (QED) is 0.835. The molecule has 1 aliphatic heterocycles. The molecule has 0 radical (unpaired) electrons. The van der Waals surface area contributed by atoms with Crippen LogP contribution in [-0.2, 0) is 13.0 Å². The highest BCUT2D eigenvalue weighted by Gasteiger charge is 2.46. The first-order valence-electron chi connectivity index (χ1n) is 6.56. The van der Waals surface area contributed by atoms with Crippen molar-refractivity contribution in [2.24, 2.45) is 5.41 Å². The molecule has 0 aromatic carbocycles. The maximum absolute atomic E-state index is 11.8.